The third kappa shape index (κ3) is 2.24. The van der Waals surface area contributed by atoms with E-state index in [0.717, 1.165) is 38.8 Å². The minimum atomic E-state index is -0.232. The van der Waals surface area contributed by atoms with Gasteiger partial charge in [-0.3, -0.25) is 4.79 Å². The molecule has 0 radical (unpaired) electrons. The smallest absolute Gasteiger partial charge is 0.230 e. The highest BCUT2D eigenvalue weighted by molar-refractivity contribution is 5.83. The summed E-state index contributed by atoms with van der Waals surface area (Å²) < 4.78 is 0. The SMILES string of the molecule is CN(C(=O)C1(C)CCCNC1)C1CCc2ccccc21. The first kappa shape index (κ1) is 13.6. The van der Waals surface area contributed by atoms with Crippen molar-refractivity contribution in [3.8, 4) is 0 Å². The highest BCUT2D eigenvalue weighted by Crippen LogP contribution is 2.38. The van der Waals surface area contributed by atoms with E-state index < -0.39 is 0 Å². The third-order valence-electron chi connectivity index (χ3n) is 5.00. The summed E-state index contributed by atoms with van der Waals surface area (Å²) in [5, 5.41) is 3.37. The van der Waals surface area contributed by atoms with E-state index in [1.54, 1.807) is 0 Å². The Morgan fingerprint density at radius 3 is 2.95 bits per heavy atom. The van der Waals surface area contributed by atoms with Gasteiger partial charge in [0.05, 0.1) is 11.5 Å². The molecule has 1 aromatic carbocycles. The van der Waals surface area contributed by atoms with Crippen LogP contribution in [-0.2, 0) is 11.2 Å². The van der Waals surface area contributed by atoms with Crippen LogP contribution in [0.1, 0.15) is 43.4 Å². The van der Waals surface area contributed by atoms with Crippen LogP contribution in [0.4, 0.5) is 0 Å². The molecule has 0 bridgehead atoms. The molecule has 1 heterocycles. The van der Waals surface area contributed by atoms with Crippen LogP contribution in [0.3, 0.4) is 0 Å². The van der Waals surface area contributed by atoms with E-state index >= 15 is 0 Å². The monoisotopic (exact) mass is 272 g/mol. The van der Waals surface area contributed by atoms with Crippen molar-refractivity contribution in [3.63, 3.8) is 0 Å². The van der Waals surface area contributed by atoms with Crippen molar-refractivity contribution in [3.05, 3.63) is 35.4 Å². The number of rotatable bonds is 2. The van der Waals surface area contributed by atoms with Gasteiger partial charge < -0.3 is 10.2 Å². The van der Waals surface area contributed by atoms with Gasteiger partial charge in [-0.05, 0) is 50.3 Å². The lowest BCUT2D eigenvalue weighted by Gasteiger charge is -2.38. The number of hydrogen-bond acceptors (Lipinski definition) is 2. The zero-order chi connectivity index (χ0) is 14.2. The molecule has 3 heteroatoms. The maximum atomic E-state index is 12.9. The summed E-state index contributed by atoms with van der Waals surface area (Å²) in [5.41, 5.74) is 2.52. The summed E-state index contributed by atoms with van der Waals surface area (Å²) in [5.74, 6) is 0.298. The van der Waals surface area contributed by atoms with Crippen LogP contribution < -0.4 is 5.32 Å². The average Bonchev–Trinajstić information content (AvgIpc) is 2.90. The molecule has 0 aromatic heterocycles. The number of carbonyl (C=O) groups is 1. The molecule has 0 saturated carbocycles. The molecule has 108 valence electrons. The minimum absolute atomic E-state index is 0.232. The third-order valence-corrected chi connectivity index (χ3v) is 5.00. The fraction of sp³-hybridized carbons (Fsp3) is 0.588. The molecule has 2 aliphatic rings. The highest BCUT2D eigenvalue weighted by Gasteiger charge is 2.40. The predicted octanol–water partition coefficient (Wildman–Crippen LogP) is 2.52. The molecule has 1 saturated heterocycles. The first-order chi connectivity index (χ1) is 9.62. The number of nitrogens with zero attached hydrogens (tertiary/aromatic N) is 1. The molecule has 20 heavy (non-hydrogen) atoms. The number of benzene rings is 1. The zero-order valence-electron chi connectivity index (χ0n) is 12.5. The van der Waals surface area contributed by atoms with Crippen LogP contribution in [0.2, 0.25) is 0 Å². The fourth-order valence-corrected chi connectivity index (χ4v) is 3.74. The standard InChI is InChI=1S/C17H24N2O/c1-17(10-5-11-18-12-17)16(20)19(2)15-9-8-13-6-3-4-7-14(13)15/h3-4,6-7,15,18H,5,8-12H2,1-2H3. The quantitative estimate of drug-likeness (QED) is 0.897. The Hall–Kier alpha value is -1.35. The van der Waals surface area contributed by atoms with Crippen molar-refractivity contribution in [2.75, 3.05) is 20.1 Å². The molecule has 2 unspecified atom stereocenters. The van der Waals surface area contributed by atoms with Gasteiger partial charge >= 0.3 is 0 Å². The first-order valence-corrected chi connectivity index (χ1v) is 7.68. The molecule has 1 N–H and O–H groups in total. The Kier molecular flexibility index (Phi) is 3.55. The second kappa shape index (κ2) is 5.21. The lowest BCUT2D eigenvalue weighted by molar-refractivity contribution is -0.143. The number of hydrogen-bond donors (Lipinski definition) is 1. The Morgan fingerprint density at radius 1 is 1.40 bits per heavy atom. The van der Waals surface area contributed by atoms with Gasteiger partial charge in [-0.25, -0.2) is 0 Å². The summed E-state index contributed by atoms with van der Waals surface area (Å²) in [7, 11) is 1.98. The maximum Gasteiger partial charge on any atom is 0.230 e. The van der Waals surface area contributed by atoms with E-state index in [-0.39, 0.29) is 11.5 Å². The fourth-order valence-electron chi connectivity index (χ4n) is 3.74. The van der Waals surface area contributed by atoms with Crippen molar-refractivity contribution >= 4 is 5.91 Å². The van der Waals surface area contributed by atoms with Crippen molar-refractivity contribution in [1.82, 2.24) is 10.2 Å². The summed E-state index contributed by atoms with van der Waals surface area (Å²) in [6, 6.07) is 8.81. The van der Waals surface area contributed by atoms with Crippen molar-refractivity contribution in [2.24, 2.45) is 5.41 Å². The Bertz CT molecular complexity index is 505. The molecular weight excluding hydrogens is 248 g/mol. The topological polar surface area (TPSA) is 32.3 Å². The summed E-state index contributed by atoms with van der Waals surface area (Å²) in [6.07, 6.45) is 4.24. The molecule has 1 amide bonds. The van der Waals surface area contributed by atoms with Crippen LogP contribution >= 0.6 is 0 Å². The van der Waals surface area contributed by atoms with E-state index in [2.05, 4.69) is 36.5 Å². The number of fused-ring (bicyclic) bond motifs is 1. The summed E-state index contributed by atoms with van der Waals surface area (Å²) in [6.45, 7) is 3.96. The normalized spacial score (nSPS) is 29.0. The van der Waals surface area contributed by atoms with E-state index in [1.165, 1.54) is 11.1 Å². The van der Waals surface area contributed by atoms with Gasteiger partial charge in [-0.15, -0.1) is 0 Å². The van der Waals surface area contributed by atoms with Crippen molar-refractivity contribution in [1.29, 1.82) is 0 Å². The predicted molar refractivity (Wildman–Crippen MR) is 80.5 cm³/mol. The highest BCUT2D eigenvalue weighted by atomic mass is 16.2. The van der Waals surface area contributed by atoms with Crippen LogP contribution in [-0.4, -0.2) is 30.9 Å². The van der Waals surface area contributed by atoms with Crippen LogP contribution in [0.25, 0.3) is 0 Å². The number of piperidine rings is 1. The number of aryl methyl sites for hydroxylation is 1. The van der Waals surface area contributed by atoms with Gasteiger partial charge in [-0.1, -0.05) is 24.3 Å². The van der Waals surface area contributed by atoms with Crippen LogP contribution in [0, 0.1) is 5.41 Å². The molecule has 1 aliphatic carbocycles. The van der Waals surface area contributed by atoms with Crippen LogP contribution in [0.15, 0.2) is 24.3 Å². The zero-order valence-corrected chi connectivity index (χ0v) is 12.5. The Balaban J connectivity index is 1.79. The lowest BCUT2D eigenvalue weighted by Crippen LogP contribution is -2.49. The molecule has 1 aromatic rings. The number of carbonyl (C=O) groups excluding carboxylic acids is 1. The molecule has 2 atom stereocenters. The van der Waals surface area contributed by atoms with Gasteiger partial charge in [0.2, 0.25) is 5.91 Å². The van der Waals surface area contributed by atoms with Crippen LogP contribution in [0.5, 0.6) is 0 Å². The van der Waals surface area contributed by atoms with E-state index in [4.69, 9.17) is 0 Å². The van der Waals surface area contributed by atoms with Crippen molar-refractivity contribution in [2.45, 2.75) is 38.6 Å². The Labute approximate surface area is 121 Å². The second-order valence-electron chi connectivity index (χ2n) is 6.51. The van der Waals surface area contributed by atoms with Gasteiger partial charge in [0.15, 0.2) is 0 Å². The second-order valence-corrected chi connectivity index (χ2v) is 6.51. The van der Waals surface area contributed by atoms with Crippen molar-refractivity contribution < 1.29 is 4.79 Å². The molecule has 1 fully saturated rings. The van der Waals surface area contributed by atoms with E-state index in [1.807, 2.05) is 11.9 Å². The number of amides is 1. The lowest BCUT2D eigenvalue weighted by atomic mass is 9.81. The minimum Gasteiger partial charge on any atom is -0.338 e. The molecule has 3 rings (SSSR count). The largest absolute Gasteiger partial charge is 0.338 e. The van der Waals surface area contributed by atoms with E-state index in [9.17, 15) is 4.79 Å². The maximum absolute atomic E-state index is 12.9. The summed E-state index contributed by atoms with van der Waals surface area (Å²) in [4.78, 5) is 14.9. The first-order valence-electron chi connectivity index (χ1n) is 7.68. The molecule has 1 aliphatic heterocycles. The van der Waals surface area contributed by atoms with Gasteiger partial charge in [0.1, 0.15) is 0 Å². The van der Waals surface area contributed by atoms with E-state index in [0.29, 0.717) is 5.91 Å². The molecular formula is C17H24N2O. The number of nitrogens with one attached hydrogen (secondary N) is 1. The average molecular weight is 272 g/mol. The van der Waals surface area contributed by atoms with Gasteiger partial charge in [0.25, 0.3) is 0 Å². The van der Waals surface area contributed by atoms with Gasteiger partial charge in [0, 0.05) is 13.6 Å². The molecule has 0 spiro atoms. The summed E-state index contributed by atoms with van der Waals surface area (Å²) >= 11 is 0. The van der Waals surface area contributed by atoms with Gasteiger partial charge in [-0.2, -0.15) is 0 Å². The molecule has 3 nitrogen and oxygen atoms in total. The Morgan fingerprint density at radius 2 is 2.20 bits per heavy atom.